The highest BCUT2D eigenvalue weighted by Gasteiger charge is 2.08. The van der Waals surface area contributed by atoms with E-state index in [2.05, 4.69) is 38.5 Å². The maximum absolute atomic E-state index is 2.18. The van der Waals surface area contributed by atoms with E-state index < -0.39 is 0 Å². The molecule has 0 atom stereocenters. The van der Waals surface area contributed by atoms with Crippen molar-refractivity contribution in [1.82, 2.24) is 0 Å². The fourth-order valence-electron chi connectivity index (χ4n) is 0.755. The van der Waals surface area contributed by atoms with Gasteiger partial charge in [0.15, 0.2) is 0 Å². The van der Waals surface area contributed by atoms with Crippen LogP contribution in [0.5, 0.6) is 0 Å². The lowest BCUT2D eigenvalue weighted by atomic mass is 10.3. The van der Waals surface area contributed by atoms with E-state index in [0.29, 0.717) is 0 Å². The molecule has 8 heavy (non-hydrogen) atoms. The summed E-state index contributed by atoms with van der Waals surface area (Å²) in [4.78, 5) is 0. The molecule has 44 valence electrons. The van der Waals surface area contributed by atoms with Crippen molar-refractivity contribution in [3.63, 3.8) is 0 Å². The van der Waals surface area contributed by atoms with Gasteiger partial charge in [-0.25, -0.2) is 0 Å². The van der Waals surface area contributed by atoms with Crippen molar-refractivity contribution in [2.24, 2.45) is 0 Å². The molecule has 1 aliphatic rings. The van der Waals surface area contributed by atoms with Crippen LogP contribution in [-0.4, -0.2) is 25.1 Å². The van der Waals surface area contributed by atoms with Crippen molar-refractivity contribution in [2.45, 2.75) is 0 Å². The second-order valence-corrected chi connectivity index (χ2v) is 2.73. The van der Waals surface area contributed by atoms with Gasteiger partial charge in [-0.05, 0) is 12.2 Å². The number of hydrogen-bond donors (Lipinski definition) is 0. The quantitative estimate of drug-likeness (QED) is 0.410. The molecule has 1 nitrogen and oxygen atoms in total. The van der Waals surface area contributed by atoms with E-state index >= 15 is 0 Å². The van der Waals surface area contributed by atoms with E-state index in [-0.39, 0.29) is 0 Å². The highest BCUT2D eigenvalue weighted by atomic mass is 15.3. The number of rotatable bonds is 0. The summed E-state index contributed by atoms with van der Waals surface area (Å²) < 4.78 is 0.983. The molecule has 0 fully saturated rings. The first-order valence-electron chi connectivity index (χ1n) is 2.88. The third-order valence-electron chi connectivity index (χ3n) is 1.31. The predicted molar refractivity (Wildman–Crippen MR) is 35.3 cm³/mol. The van der Waals surface area contributed by atoms with E-state index in [1.54, 1.807) is 0 Å². The molecule has 0 N–H and O–H groups in total. The second-order valence-electron chi connectivity index (χ2n) is 2.73. The lowest BCUT2D eigenvalue weighted by molar-refractivity contribution is -0.833. The van der Waals surface area contributed by atoms with Gasteiger partial charge in [0.1, 0.15) is 6.54 Å². The molecule has 0 aromatic heterocycles. The van der Waals surface area contributed by atoms with Crippen LogP contribution in [0.2, 0.25) is 0 Å². The topological polar surface area (TPSA) is 0 Å². The zero-order chi connectivity index (χ0) is 6.04. The molecule has 0 aromatic carbocycles. The van der Waals surface area contributed by atoms with Gasteiger partial charge in [0.05, 0.1) is 20.3 Å². The average molecular weight is 110 g/mol. The zero-order valence-corrected chi connectivity index (χ0v) is 5.46. The lowest BCUT2D eigenvalue weighted by Crippen LogP contribution is -2.34. The Morgan fingerprint density at radius 3 is 2.25 bits per heavy atom. The van der Waals surface area contributed by atoms with E-state index in [0.717, 1.165) is 11.0 Å². The largest absolute Gasteiger partial charge is 0.299 e. The zero-order valence-electron chi connectivity index (χ0n) is 5.46. The van der Waals surface area contributed by atoms with Gasteiger partial charge in [0.2, 0.25) is 0 Å². The number of hydrogen-bond acceptors (Lipinski definition) is 0. The Labute approximate surface area is 50.5 Å². The van der Waals surface area contributed by atoms with Gasteiger partial charge >= 0.3 is 0 Å². The van der Waals surface area contributed by atoms with Crippen LogP contribution in [0.3, 0.4) is 0 Å². The summed E-state index contributed by atoms with van der Waals surface area (Å²) in [5, 5.41) is 0. The van der Waals surface area contributed by atoms with E-state index in [9.17, 15) is 0 Å². The minimum atomic E-state index is 0.983. The molecule has 1 rings (SSSR count). The normalized spacial score (nSPS) is 23.8. The van der Waals surface area contributed by atoms with Crippen LogP contribution in [0, 0.1) is 0 Å². The Morgan fingerprint density at radius 1 is 1.25 bits per heavy atom. The SMILES string of the molecule is C[N+]1(C)C=CC=CC1. The van der Waals surface area contributed by atoms with Gasteiger partial charge in [0.25, 0.3) is 0 Å². The summed E-state index contributed by atoms with van der Waals surface area (Å²) in [5.74, 6) is 0. The summed E-state index contributed by atoms with van der Waals surface area (Å²) in [5.41, 5.74) is 0. The monoisotopic (exact) mass is 110 g/mol. The minimum Gasteiger partial charge on any atom is -0.299 e. The highest BCUT2D eigenvalue weighted by Crippen LogP contribution is 2.02. The summed E-state index contributed by atoms with van der Waals surface area (Å²) in [6.45, 7) is 1.12. The van der Waals surface area contributed by atoms with Gasteiger partial charge in [-0.1, -0.05) is 6.08 Å². The fraction of sp³-hybridized carbons (Fsp3) is 0.429. The Hall–Kier alpha value is -0.560. The molecule has 1 heterocycles. The van der Waals surface area contributed by atoms with Gasteiger partial charge in [-0.3, -0.25) is 4.48 Å². The highest BCUT2D eigenvalue weighted by molar-refractivity contribution is 5.03. The molecule has 0 aromatic rings. The van der Waals surface area contributed by atoms with Crippen LogP contribution in [-0.2, 0) is 0 Å². The molecule has 1 aliphatic heterocycles. The molecule has 0 spiro atoms. The summed E-state index contributed by atoms with van der Waals surface area (Å²) in [6.07, 6.45) is 8.53. The smallest absolute Gasteiger partial charge is 0.101 e. The second kappa shape index (κ2) is 1.75. The first kappa shape index (κ1) is 5.57. The summed E-state index contributed by atoms with van der Waals surface area (Å²) >= 11 is 0. The predicted octanol–water partition coefficient (Wildman–Crippen LogP) is 1.15. The number of likely N-dealkylation sites (N-methyl/N-ethyl adjacent to an activating group) is 1. The average Bonchev–Trinajstić information content (AvgIpc) is 1.65. The molecule has 1 heteroatoms. The first-order chi connectivity index (χ1) is 3.71. The molecular formula is C7H12N+. The number of allylic oxidation sites excluding steroid dienone is 2. The van der Waals surface area contributed by atoms with E-state index in [1.807, 2.05) is 0 Å². The van der Waals surface area contributed by atoms with Crippen molar-refractivity contribution in [3.8, 4) is 0 Å². The Kier molecular flexibility index (Phi) is 1.22. The Morgan fingerprint density at radius 2 is 2.00 bits per heavy atom. The molecule has 0 radical (unpaired) electrons. The Balaban J connectivity index is 2.65. The summed E-state index contributed by atoms with van der Waals surface area (Å²) in [7, 11) is 4.36. The van der Waals surface area contributed by atoms with E-state index in [4.69, 9.17) is 0 Å². The fourth-order valence-corrected chi connectivity index (χ4v) is 0.755. The van der Waals surface area contributed by atoms with Crippen LogP contribution in [0.4, 0.5) is 0 Å². The molecule has 0 aliphatic carbocycles. The van der Waals surface area contributed by atoms with Gasteiger partial charge in [-0.15, -0.1) is 0 Å². The summed E-state index contributed by atoms with van der Waals surface area (Å²) in [6, 6.07) is 0. The van der Waals surface area contributed by atoms with Crippen molar-refractivity contribution in [2.75, 3.05) is 20.6 Å². The molecule has 0 saturated heterocycles. The molecule has 0 amide bonds. The minimum absolute atomic E-state index is 0.983. The van der Waals surface area contributed by atoms with Crippen molar-refractivity contribution >= 4 is 0 Å². The standard InChI is InChI=1S/C7H12N/c1-8(2)6-4-3-5-7-8/h3-6H,7H2,1-2H3/q+1. The molecule has 0 bridgehead atoms. The number of quaternary nitrogens is 1. The maximum Gasteiger partial charge on any atom is 0.101 e. The first-order valence-corrected chi connectivity index (χ1v) is 2.88. The van der Waals surface area contributed by atoms with Gasteiger partial charge in [0, 0.05) is 0 Å². The van der Waals surface area contributed by atoms with Crippen LogP contribution >= 0.6 is 0 Å². The number of nitrogens with zero attached hydrogens (tertiary/aromatic N) is 1. The van der Waals surface area contributed by atoms with Crippen molar-refractivity contribution in [3.05, 3.63) is 24.4 Å². The van der Waals surface area contributed by atoms with E-state index in [1.165, 1.54) is 0 Å². The lowest BCUT2D eigenvalue weighted by Gasteiger charge is -2.24. The van der Waals surface area contributed by atoms with Gasteiger partial charge < -0.3 is 0 Å². The molecule has 0 saturated carbocycles. The van der Waals surface area contributed by atoms with Crippen LogP contribution in [0.25, 0.3) is 0 Å². The third-order valence-corrected chi connectivity index (χ3v) is 1.31. The van der Waals surface area contributed by atoms with Crippen LogP contribution in [0.1, 0.15) is 0 Å². The maximum atomic E-state index is 2.18. The molecular weight excluding hydrogens is 98.1 g/mol. The Bertz CT molecular complexity index is 131. The molecule has 0 unspecified atom stereocenters. The van der Waals surface area contributed by atoms with Crippen LogP contribution < -0.4 is 0 Å². The van der Waals surface area contributed by atoms with Crippen molar-refractivity contribution in [1.29, 1.82) is 0 Å². The van der Waals surface area contributed by atoms with Crippen LogP contribution in [0.15, 0.2) is 24.4 Å². The van der Waals surface area contributed by atoms with Gasteiger partial charge in [-0.2, -0.15) is 0 Å². The third kappa shape index (κ3) is 1.20. The van der Waals surface area contributed by atoms with Crippen molar-refractivity contribution < 1.29 is 4.48 Å².